The molecule has 0 saturated heterocycles. The second kappa shape index (κ2) is 4.46. The Morgan fingerprint density at radius 3 is 2.85 bits per heavy atom. The SMILES string of the molecule is C1=CC2=C(c3cnc4ccccc4n3)C=CCN2C=C1. The molecule has 1 aromatic heterocycles. The van der Waals surface area contributed by atoms with Crippen LogP contribution in [0, 0.1) is 0 Å². The van der Waals surface area contributed by atoms with E-state index in [2.05, 4.69) is 40.4 Å². The zero-order valence-electron chi connectivity index (χ0n) is 10.9. The van der Waals surface area contributed by atoms with Crippen LogP contribution in [-0.2, 0) is 0 Å². The molecule has 96 valence electrons. The first-order valence-corrected chi connectivity index (χ1v) is 6.66. The quantitative estimate of drug-likeness (QED) is 0.787. The van der Waals surface area contributed by atoms with E-state index in [0.717, 1.165) is 28.8 Å². The molecule has 0 spiro atoms. The Labute approximate surface area is 117 Å². The van der Waals surface area contributed by atoms with Crippen molar-refractivity contribution in [3.05, 3.63) is 78.4 Å². The van der Waals surface area contributed by atoms with E-state index in [4.69, 9.17) is 4.98 Å². The third kappa shape index (κ3) is 1.75. The van der Waals surface area contributed by atoms with Gasteiger partial charge in [0.25, 0.3) is 0 Å². The number of allylic oxidation sites excluding steroid dienone is 5. The summed E-state index contributed by atoms with van der Waals surface area (Å²) in [5.41, 5.74) is 5.07. The number of hydrogen-bond acceptors (Lipinski definition) is 3. The molecule has 3 heteroatoms. The van der Waals surface area contributed by atoms with Gasteiger partial charge in [0.05, 0.1) is 28.6 Å². The maximum Gasteiger partial charge on any atom is 0.0913 e. The molecule has 0 N–H and O–H groups in total. The fourth-order valence-electron chi connectivity index (χ4n) is 2.55. The number of aromatic nitrogens is 2. The minimum absolute atomic E-state index is 0.903. The van der Waals surface area contributed by atoms with Crippen LogP contribution in [0.3, 0.4) is 0 Å². The standard InChI is InChI=1S/C17H13N3/c1-2-8-15-14(7-1)18-12-16(19-15)13-6-5-11-20-10-4-3-9-17(13)20/h1-10,12H,11H2. The van der Waals surface area contributed by atoms with Crippen LogP contribution in [0.1, 0.15) is 5.69 Å². The minimum atomic E-state index is 0.903. The molecule has 2 aliphatic rings. The lowest BCUT2D eigenvalue weighted by atomic mass is 10.0. The van der Waals surface area contributed by atoms with Gasteiger partial charge in [0.15, 0.2) is 0 Å². The van der Waals surface area contributed by atoms with Gasteiger partial charge in [-0.15, -0.1) is 0 Å². The highest BCUT2D eigenvalue weighted by Gasteiger charge is 2.16. The molecule has 0 atom stereocenters. The third-order valence-electron chi connectivity index (χ3n) is 3.53. The molecule has 0 bridgehead atoms. The van der Waals surface area contributed by atoms with Crippen molar-refractivity contribution in [3.63, 3.8) is 0 Å². The van der Waals surface area contributed by atoms with Gasteiger partial charge in [-0.1, -0.05) is 30.4 Å². The Balaban J connectivity index is 1.89. The van der Waals surface area contributed by atoms with Gasteiger partial charge in [0, 0.05) is 18.3 Å². The highest BCUT2D eigenvalue weighted by Crippen LogP contribution is 2.28. The summed E-state index contributed by atoms with van der Waals surface area (Å²) < 4.78 is 0. The van der Waals surface area contributed by atoms with Crippen molar-refractivity contribution >= 4 is 16.6 Å². The van der Waals surface area contributed by atoms with Gasteiger partial charge < -0.3 is 4.90 Å². The molecule has 2 aromatic rings. The van der Waals surface area contributed by atoms with Gasteiger partial charge in [-0.25, -0.2) is 4.98 Å². The Kier molecular flexibility index (Phi) is 2.49. The van der Waals surface area contributed by atoms with Crippen LogP contribution in [0.2, 0.25) is 0 Å². The summed E-state index contributed by atoms with van der Waals surface area (Å²) in [7, 11) is 0. The van der Waals surface area contributed by atoms with Crippen LogP contribution in [0.15, 0.2) is 72.7 Å². The molecule has 0 radical (unpaired) electrons. The molecule has 0 fully saturated rings. The van der Waals surface area contributed by atoms with Crippen molar-refractivity contribution in [2.75, 3.05) is 6.54 Å². The number of para-hydroxylation sites is 2. The van der Waals surface area contributed by atoms with E-state index in [-0.39, 0.29) is 0 Å². The molecule has 3 heterocycles. The van der Waals surface area contributed by atoms with Gasteiger partial charge in [0.1, 0.15) is 0 Å². The first-order chi connectivity index (χ1) is 9.92. The number of benzene rings is 1. The molecule has 0 aliphatic carbocycles. The Bertz CT molecular complexity index is 797. The fourth-order valence-corrected chi connectivity index (χ4v) is 2.55. The summed E-state index contributed by atoms with van der Waals surface area (Å²) in [4.78, 5) is 11.5. The summed E-state index contributed by atoms with van der Waals surface area (Å²) >= 11 is 0. The molecule has 1 aromatic carbocycles. The van der Waals surface area contributed by atoms with Crippen LogP contribution in [0.4, 0.5) is 0 Å². The molecule has 20 heavy (non-hydrogen) atoms. The lowest BCUT2D eigenvalue weighted by molar-refractivity contribution is 0.526. The van der Waals surface area contributed by atoms with Crippen LogP contribution < -0.4 is 0 Å². The average molecular weight is 259 g/mol. The minimum Gasteiger partial charge on any atom is -0.344 e. The first-order valence-electron chi connectivity index (χ1n) is 6.66. The number of fused-ring (bicyclic) bond motifs is 2. The van der Waals surface area contributed by atoms with Crippen molar-refractivity contribution in [3.8, 4) is 0 Å². The predicted molar refractivity (Wildman–Crippen MR) is 80.6 cm³/mol. The van der Waals surface area contributed by atoms with Gasteiger partial charge in [-0.3, -0.25) is 4.98 Å². The van der Waals surface area contributed by atoms with Gasteiger partial charge >= 0.3 is 0 Å². The smallest absolute Gasteiger partial charge is 0.0913 e. The van der Waals surface area contributed by atoms with Crippen molar-refractivity contribution in [1.82, 2.24) is 14.9 Å². The highest BCUT2D eigenvalue weighted by molar-refractivity contribution is 5.81. The summed E-state index contributed by atoms with van der Waals surface area (Å²) in [5, 5.41) is 0. The summed E-state index contributed by atoms with van der Waals surface area (Å²) in [6, 6.07) is 7.95. The fraction of sp³-hybridized carbons (Fsp3) is 0.0588. The molecule has 0 amide bonds. The average Bonchev–Trinajstić information content (AvgIpc) is 2.54. The summed E-state index contributed by atoms with van der Waals surface area (Å²) in [6.45, 7) is 0.903. The normalized spacial score (nSPS) is 16.9. The van der Waals surface area contributed by atoms with E-state index in [9.17, 15) is 0 Å². The summed E-state index contributed by atoms with van der Waals surface area (Å²) in [6.07, 6.45) is 14.5. The number of hydrogen-bond donors (Lipinski definition) is 0. The molecule has 4 rings (SSSR count). The molecular formula is C17H13N3. The lowest BCUT2D eigenvalue weighted by Crippen LogP contribution is -2.21. The first kappa shape index (κ1) is 11.2. The Morgan fingerprint density at radius 2 is 1.90 bits per heavy atom. The maximum absolute atomic E-state index is 4.73. The monoisotopic (exact) mass is 259 g/mol. The molecular weight excluding hydrogens is 246 g/mol. The van der Waals surface area contributed by atoms with E-state index in [1.54, 1.807) is 0 Å². The number of nitrogens with zero attached hydrogens (tertiary/aromatic N) is 3. The third-order valence-corrected chi connectivity index (χ3v) is 3.53. The molecule has 3 nitrogen and oxygen atoms in total. The zero-order valence-corrected chi connectivity index (χ0v) is 10.9. The van der Waals surface area contributed by atoms with E-state index in [1.165, 1.54) is 5.70 Å². The zero-order chi connectivity index (χ0) is 13.4. The molecule has 2 aliphatic heterocycles. The van der Waals surface area contributed by atoms with E-state index >= 15 is 0 Å². The predicted octanol–water partition coefficient (Wildman–Crippen LogP) is 3.30. The van der Waals surface area contributed by atoms with Crippen LogP contribution in [0.25, 0.3) is 16.6 Å². The Hall–Kier alpha value is -2.68. The molecule has 0 unspecified atom stereocenters. The van der Waals surface area contributed by atoms with E-state index in [0.29, 0.717) is 0 Å². The van der Waals surface area contributed by atoms with Gasteiger partial charge in [-0.2, -0.15) is 0 Å². The molecule has 0 saturated carbocycles. The van der Waals surface area contributed by atoms with Crippen LogP contribution >= 0.6 is 0 Å². The van der Waals surface area contributed by atoms with Crippen molar-refractivity contribution in [1.29, 1.82) is 0 Å². The van der Waals surface area contributed by atoms with Gasteiger partial charge in [-0.05, 0) is 24.3 Å². The van der Waals surface area contributed by atoms with Crippen molar-refractivity contribution in [2.24, 2.45) is 0 Å². The van der Waals surface area contributed by atoms with Crippen LogP contribution in [-0.4, -0.2) is 21.4 Å². The van der Waals surface area contributed by atoms with Crippen molar-refractivity contribution < 1.29 is 0 Å². The summed E-state index contributed by atoms with van der Waals surface area (Å²) in [5.74, 6) is 0. The van der Waals surface area contributed by atoms with E-state index < -0.39 is 0 Å². The van der Waals surface area contributed by atoms with Crippen molar-refractivity contribution in [2.45, 2.75) is 0 Å². The van der Waals surface area contributed by atoms with E-state index in [1.807, 2.05) is 36.5 Å². The van der Waals surface area contributed by atoms with Crippen LogP contribution in [0.5, 0.6) is 0 Å². The Morgan fingerprint density at radius 1 is 1.00 bits per heavy atom. The number of rotatable bonds is 1. The highest BCUT2D eigenvalue weighted by atomic mass is 15.1. The van der Waals surface area contributed by atoms with Gasteiger partial charge in [0.2, 0.25) is 0 Å². The largest absolute Gasteiger partial charge is 0.344 e. The lowest BCUT2D eigenvalue weighted by Gasteiger charge is -2.27. The second-order valence-corrected chi connectivity index (χ2v) is 4.80. The maximum atomic E-state index is 4.73. The second-order valence-electron chi connectivity index (χ2n) is 4.80. The topological polar surface area (TPSA) is 29.0 Å².